The molecule has 2 N–H and O–H groups in total. The van der Waals surface area contributed by atoms with E-state index in [9.17, 15) is 19.8 Å². The van der Waals surface area contributed by atoms with Crippen LogP contribution in [0.2, 0.25) is 0 Å². The van der Waals surface area contributed by atoms with Crippen LogP contribution in [0.1, 0.15) is 11.1 Å². The Morgan fingerprint density at radius 1 is 0.826 bits per heavy atom. The summed E-state index contributed by atoms with van der Waals surface area (Å²) in [6.45, 7) is 3.56. The Balaban J connectivity index is 2.48. The molecule has 0 amide bonds. The molecular weight excluding hydrogens is 292 g/mol. The van der Waals surface area contributed by atoms with Crippen LogP contribution < -0.4 is 0 Å². The number of hydrogen-bond acceptors (Lipinski definition) is 2. The lowest BCUT2D eigenvalue weighted by molar-refractivity contribution is -0.150. The zero-order valence-corrected chi connectivity index (χ0v) is 12.6. The van der Waals surface area contributed by atoms with Crippen molar-refractivity contribution in [2.24, 2.45) is 5.41 Å². The minimum atomic E-state index is -1.59. The molecule has 23 heavy (non-hydrogen) atoms. The Labute approximate surface area is 134 Å². The van der Waals surface area contributed by atoms with Crippen LogP contribution in [-0.2, 0) is 22.4 Å². The van der Waals surface area contributed by atoms with Crippen LogP contribution in [0.25, 0.3) is 0 Å². The summed E-state index contributed by atoms with van der Waals surface area (Å²) in [6, 6.07) is 18.0. The molecule has 0 saturated heterocycles. The second kappa shape index (κ2) is 6.92. The molecule has 118 valence electrons. The van der Waals surface area contributed by atoms with Crippen molar-refractivity contribution in [1.29, 1.82) is 0 Å². The van der Waals surface area contributed by atoms with Gasteiger partial charge in [0.25, 0.3) is 0 Å². The van der Waals surface area contributed by atoms with Gasteiger partial charge in [-0.05, 0) is 24.0 Å². The van der Waals surface area contributed by atoms with Crippen molar-refractivity contribution in [3.05, 3.63) is 83.9 Å². The van der Waals surface area contributed by atoms with Crippen LogP contribution in [0.3, 0.4) is 0 Å². The maximum absolute atomic E-state index is 12.1. The van der Waals surface area contributed by atoms with Crippen LogP contribution in [-0.4, -0.2) is 22.2 Å². The number of carboxylic acid groups (broad SMARTS) is 2. The zero-order valence-electron chi connectivity index (χ0n) is 12.6. The highest BCUT2D eigenvalue weighted by Crippen LogP contribution is 2.35. The standard InChI is InChI=1S/C19H18O4/c1-14(17(20)21)19(18(22)23,12-15-8-4-2-5-9-15)13-16-10-6-3-7-11-16/h2-11H,1,12-13H2,(H,20,21)(H,22,23). The molecule has 0 aliphatic carbocycles. The predicted octanol–water partition coefficient (Wildman–Crippen LogP) is 3.18. The van der Waals surface area contributed by atoms with Gasteiger partial charge >= 0.3 is 11.9 Å². The summed E-state index contributed by atoms with van der Waals surface area (Å²) in [5.74, 6) is -2.48. The van der Waals surface area contributed by atoms with E-state index in [0.29, 0.717) is 0 Å². The summed E-state index contributed by atoms with van der Waals surface area (Å²) in [4.78, 5) is 23.5. The summed E-state index contributed by atoms with van der Waals surface area (Å²) >= 11 is 0. The van der Waals surface area contributed by atoms with Crippen LogP contribution in [0.5, 0.6) is 0 Å². The van der Waals surface area contributed by atoms with E-state index >= 15 is 0 Å². The third-order valence-corrected chi connectivity index (χ3v) is 3.94. The number of rotatable bonds is 7. The molecule has 0 bridgehead atoms. The second-order valence-electron chi connectivity index (χ2n) is 5.50. The van der Waals surface area contributed by atoms with Gasteiger partial charge in [-0.2, -0.15) is 0 Å². The van der Waals surface area contributed by atoms with Gasteiger partial charge in [-0.25, -0.2) is 4.79 Å². The van der Waals surface area contributed by atoms with Crippen molar-refractivity contribution in [2.75, 3.05) is 0 Å². The summed E-state index contributed by atoms with van der Waals surface area (Å²) < 4.78 is 0. The molecule has 0 aromatic heterocycles. The number of carbonyl (C=O) groups is 2. The average molecular weight is 310 g/mol. The fourth-order valence-electron chi connectivity index (χ4n) is 2.65. The molecule has 0 atom stereocenters. The summed E-state index contributed by atoms with van der Waals surface area (Å²) in [5.41, 5.74) is -0.381. The van der Waals surface area contributed by atoms with Gasteiger partial charge in [0.2, 0.25) is 0 Å². The molecule has 0 spiro atoms. The Kier molecular flexibility index (Phi) is 4.96. The van der Waals surface area contributed by atoms with Crippen LogP contribution in [0, 0.1) is 5.41 Å². The van der Waals surface area contributed by atoms with Crippen molar-refractivity contribution in [3.63, 3.8) is 0 Å². The first-order valence-corrected chi connectivity index (χ1v) is 7.19. The summed E-state index contributed by atoms with van der Waals surface area (Å²) in [6.07, 6.45) is 0.145. The van der Waals surface area contributed by atoms with Gasteiger partial charge in [0, 0.05) is 5.57 Å². The van der Waals surface area contributed by atoms with Crippen molar-refractivity contribution in [1.82, 2.24) is 0 Å². The quantitative estimate of drug-likeness (QED) is 0.770. The maximum atomic E-state index is 12.1. The summed E-state index contributed by atoms with van der Waals surface area (Å²) in [5, 5.41) is 19.2. The lowest BCUT2D eigenvalue weighted by Gasteiger charge is -2.30. The van der Waals surface area contributed by atoms with Gasteiger partial charge in [-0.1, -0.05) is 67.2 Å². The highest BCUT2D eigenvalue weighted by atomic mass is 16.4. The Morgan fingerprint density at radius 3 is 1.52 bits per heavy atom. The third-order valence-electron chi connectivity index (χ3n) is 3.94. The molecule has 0 heterocycles. The van der Waals surface area contributed by atoms with Crippen molar-refractivity contribution >= 4 is 11.9 Å². The zero-order chi connectivity index (χ0) is 16.9. The normalized spacial score (nSPS) is 11.0. The number of carboxylic acids is 2. The van der Waals surface area contributed by atoms with E-state index in [1.165, 1.54) is 0 Å². The first-order valence-electron chi connectivity index (χ1n) is 7.19. The number of aliphatic carboxylic acids is 2. The third kappa shape index (κ3) is 3.66. The van der Waals surface area contributed by atoms with Gasteiger partial charge in [0.15, 0.2) is 0 Å². The monoisotopic (exact) mass is 310 g/mol. The molecule has 0 saturated carbocycles. The average Bonchev–Trinajstić information content (AvgIpc) is 2.55. The maximum Gasteiger partial charge on any atom is 0.332 e. The lowest BCUT2D eigenvalue weighted by atomic mass is 9.71. The highest BCUT2D eigenvalue weighted by molar-refractivity contribution is 5.96. The fraction of sp³-hybridized carbons (Fsp3) is 0.158. The van der Waals surface area contributed by atoms with E-state index in [1.54, 1.807) is 48.5 Å². The molecule has 0 unspecified atom stereocenters. The van der Waals surface area contributed by atoms with Gasteiger partial charge < -0.3 is 10.2 Å². The Hall–Kier alpha value is -2.88. The first-order chi connectivity index (χ1) is 11.0. The second-order valence-corrected chi connectivity index (χ2v) is 5.50. The molecule has 0 fully saturated rings. The molecule has 2 rings (SSSR count). The van der Waals surface area contributed by atoms with Crippen molar-refractivity contribution in [2.45, 2.75) is 12.8 Å². The summed E-state index contributed by atoms with van der Waals surface area (Å²) in [7, 11) is 0. The largest absolute Gasteiger partial charge is 0.481 e. The van der Waals surface area contributed by atoms with E-state index in [2.05, 4.69) is 6.58 Å². The number of benzene rings is 2. The van der Waals surface area contributed by atoms with Gasteiger partial charge in [0.05, 0.1) is 0 Å². The van der Waals surface area contributed by atoms with E-state index < -0.39 is 17.4 Å². The minimum absolute atomic E-state index is 0.0726. The topological polar surface area (TPSA) is 74.6 Å². The van der Waals surface area contributed by atoms with E-state index in [-0.39, 0.29) is 18.4 Å². The van der Waals surface area contributed by atoms with Gasteiger partial charge in [0.1, 0.15) is 5.41 Å². The Bertz CT molecular complexity index is 663. The SMILES string of the molecule is C=C(C(=O)O)C(Cc1ccccc1)(Cc1ccccc1)C(=O)O. The van der Waals surface area contributed by atoms with Crippen LogP contribution >= 0.6 is 0 Å². The molecule has 4 heteroatoms. The smallest absolute Gasteiger partial charge is 0.332 e. The molecule has 2 aromatic carbocycles. The molecular formula is C19H18O4. The molecule has 4 nitrogen and oxygen atoms in total. The van der Waals surface area contributed by atoms with E-state index in [0.717, 1.165) is 11.1 Å². The van der Waals surface area contributed by atoms with Crippen molar-refractivity contribution in [3.8, 4) is 0 Å². The van der Waals surface area contributed by atoms with Crippen LogP contribution in [0.4, 0.5) is 0 Å². The molecule has 0 aliphatic rings. The lowest BCUT2D eigenvalue weighted by Crippen LogP contribution is -2.40. The van der Waals surface area contributed by atoms with Gasteiger partial charge in [-0.15, -0.1) is 0 Å². The van der Waals surface area contributed by atoms with Crippen molar-refractivity contribution < 1.29 is 19.8 Å². The molecule has 2 aromatic rings. The van der Waals surface area contributed by atoms with E-state index in [4.69, 9.17) is 0 Å². The first kappa shape index (κ1) is 16.5. The number of hydrogen-bond donors (Lipinski definition) is 2. The Morgan fingerprint density at radius 2 is 1.22 bits per heavy atom. The predicted molar refractivity (Wildman–Crippen MR) is 87.1 cm³/mol. The molecule has 0 radical (unpaired) electrons. The van der Waals surface area contributed by atoms with Crippen LogP contribution in [0.15, 0.2) is 72.8 Å². The van der Waals surface area contributed by atoms with E-state index in [1.807, 2.05) is 12.1 Å². The molecule has 0 aliphatic heterocycles. The minimum Gasteiger partial charge on any atom is -0.481 e. The fourth-order valence-corrected chi connectivity index (χ4v) is 2.65. The highest BCUT2D eigenvalue weighted by Gasteiger charge is 2.44. The van der Waals surface area contributed by atoms with Gasteiger partial charge in [-0.3, -0.25) is 4.79 Å².